The molecule has 1 atom stereocenters. The van der Waals surface area contributed by atoms with E-state index in [9.17, 15) is 0 Å². The topological polar surface area (TPSA) is 64.9 Å². The maximum absolute atomic E-state index is 5.53. The van der Waals surface area contributed by atoms with Crippen LogP contribution in [0.25, 0.3) is 0 Å². The van der Waals surface area contributed by atoms with Gasteiger partial charge in [0.05, 0.1) is 0 Å². The Morgan fingerprint density at radius 3 is 2.93 bits per heavy atom. The van der Waals surface area contributed by atoms with Gasteiger partial charge in [0.1, 0.15) is 0 Å². The third-order valence-electron chi connectivity index (χ3n) is 2.97. The molecule has 1 aromatic rings. The molecule has 1 aromatic heterocycles. The summed E-state index contributed by atoms with van der Waals surface area (Å²) in [5, 5.41) is 3.93. The van der Waals surface area contributed by atoms with Crippen molar-refractivity contribution in [2.24, 2.45) is 11.7 Å². The predicted molar refractivity (Wildman–Crippen MR) is 52.8 cm³/mol. The van der Waals surface area contributed by atoms with Crippen molar-refractivity contribution in [3.05, 3.63) is 11.7 Å². The third-order valence-corrected chi connectivity index (χ3v) is 2.97. The molecule has 1 saturated carbocycles. The molecule has 0 saturated heterocycles. The zero-order valence-electron chi connectivity index (χ0n) is 8.57. The van der Waals surface area contributed by atoms with Gasteiger partial charge >= 0.3 is 0 Å². The average Bonchev–Trinajstić information content (AvgIpc) is 2.58. The number of nitrogens with zero attached hydrogens (tertiary/aromatic N) is 2. The molecule has 0 amide bonds. The Morgan fingerprint density at radius 2 is 2.36 bits per heavy atom. The second-order valence-electron chi connectivity index (χ2n) is 4.18. The lowest BCUT2D eigenvalue weighted by atomic mass is 9.83. The van der Waals surface area contributed by atoms with Gasteiger partial charge < -0.3 is 10.3 Å². The van der Waals surface area contributed by atoms with Crippen molar-refractivity contribution in [3.63, 3.8) is 0 Å². The molecule has 1 aliphatic carbocycles. The minimum absolute atomic E-state index is 0.203. The van der Waals surface area contributed by atoms with E-state index in [0.29, 0.717) is 6.54 Å². The molecule has 0 spiro atoms. The first kappa shape index (κ1) is 9.65. The third kappa shape index (κ3) is 1.95. The quantitative estimate of drug-likeness (QED) is 0.790. The largest absolute Gasteiger partial charge is 0.339 e. The second kappa shape index (κ2) is 4.09. The van der Waals surface area contributed by atoms with Gasteiger partial charge in [-0.2, -0.15) is 4.98 Å². The Kier molecular flexibility index (Phi) is 2.82. The first-order chi connectivity index (χ1) is 6.79. The van der Waals surface area contributed by atoms with E-state index in [4.69, 9.17) is 10.3 Å². The lowest BCUT2D eigenvalue weighted by molar-refractivity contribution is 0.273. The summed E-state index contributed by atoms with van der Waals surface area (Å²) in [6.45, 7) is 2.58. The Balaban J connectivity index is 1.94. The van der Waals surface area contributed by atoms with Crippen molar-refractivity contribution in [2.75, 3.05) is 6.54 Å². The first-order valence-corrected chi connectivity index (χ1v) is 5.32. The SMILES string of the molecule is CC(CN)c1noc(CC2CCC2)n1. The summed E-state index contributed by atoms with van der Waals surface area (Å²) in [7, 11) is 0. The van der Waals surface area contributed by atoms with E-state index in [-0.39, 0.29) is 5.92 Å². The molecule has 1 aliphatic rings. The monoisotopic (exact) mass is 195 g/mol. The number of aromatic nitrogens is 2. The van der Waals surface area contributed by atoms with Crippen LogP contribution in [0.4, 0.5) is 0 Å². The molecule has 14 heavy (non-hydrogen) atoms. The van der Waals surface area contributed by atoms with Crippen LogP contribution in [0.2, 0.25) is 0 Å². The van der Waals surface area contributed by atoms with Crippen LogP contribution in [-0.2, 0) is 6.42 Å². The van der Waals surface area contributed by atoms with Crippen molar-refractivity contribution >= 4 is 0 Å². The van der Waals surface area contributed by atoms with Gasteiger partial charge in [0.2, 0.25) is 5.89 Å². The van der Waals surface area contributed by atoms with Crippen LogP contribution < -0.4 is 5.73 Å². The standard InChI is InChI=1S/C10H17N3O/c1-7(6-11)10-12-9(14-13-10)5-8-3-2-4-8/h7-8H,2-6,11H2,1H3. The van der Waals surface area contributed by atoms with Crippen molar-refractivity contribution in [3.8, 4) is 0 Å². The highest BCUT2D eigenvalue weighted by Gasteiger charge is 2.21. The van der Waals surface area contributed by atoms with Gasteiger partial charge in [0.15, 0.2) is 5.82 Å². The second-order valence-corrected chi connectivity index (χ2v) is 4.18. The van der Waals surface area contributed by atoms with Gasteiger partial charge in [0.25, 0.3) is 0 Å². The Bertz CT molecular complexity index is 293. The van der Waals surface area contributed by atoms with Crippen LogP contribution in [-0.4, -0.2) is 16.7 Å². The van der Waals surface area contributed by atoms with Gasteiger partial charge in [-0.1, -0.05) is 18.5 Å². The summed E-state index contributed by atoms with van der Waals surface area (Å²) in [6, 6.07) is 0. The van der Waals surface area contributed by atoms with E-state index in [2.05, 4.69) is 10.1 Å². The molecule has 2 rings (SSSR count). The lowest BCUT2D eigenvalue weighted by Gasteiger charge is -2.23. The van der Waals surface area contributed by atoms with Crippen molar-refractivity contribution in [1.29, 1.82) is 0 Å². The van der Waals surface area contributed by atoms with Gasteiger partial charge in [-0.05, 0) is 18.8 Å². The van der Waals surface area contributed by atoms with Gasteiger partial charge in [-0.3, -0.25) is 0 Å². The van der Waals surface area contributed by atoms with Gasteiger partial charge in [-0.25, -0.2) is 0 Å². The molecule has 0 aliphatic heterocycles. The first-order valence-electron chi connectivity index (χ1n) is 5.32. The van der Waals surface area contributed by atoms with Crippen LogP contribution in [0.3, 0.4) is 0 Å². The maximum Gasteiger partial charge on any atom is 0.226 e. The van der Waals surface area contributed by atoms with Gasteiger partial charge in [-0.15, -0.1) is 0 Å². The molecular formula is C10H17N3O. The Morgan fingerprint density at radius 1 is 1.57 bits per heavy atom. The Labute approximate surface area is 83.9 Å². The molecule has 0 aromatic carbocycles. The predicted octanol–water partition coefficient (Wildman–Crippen LogP) is 1.47. The Hall–Kier alpha value is -0.900. The lowest BCUT2D eigenvalue weighted by Crippen LogP contribution is -2.14. The van der Waals surface area contributed by atoms with Crippen LogP contribution in [0, 0.1) is 5.92 Å². The van der Waals surface area contributed by atoms with Crippen LogP contribution in [0.5, 0.6) is 0 Å². The van der Waals surface area contributed by atoms with E-state index >= 15 is 0 Å². The summed E-state index contributed by atoms with van der Waals surface area (Å²) >= 11 is 0. The smallest absolute Gasteiger partial charge is 0.226 e. The van der Waals surface area contributed by atoms with E-state index in [1.165, 1.54) is 19.3 Å². The molecule has 2 N–H and O–H groups in total. The van der Waals surface area contributed by atoms with Gasteiger partial charge in [0, 0.05) is 18.9 Å². The molecule has 4 heteroatoms. The van der Waals surface area contributed by atoms with E-state index in [0.717, 1.165) is 24.1 Å². The molecule has 78 valence electrons. The van der Waals surface area contributed by atoms with Crippen LogP contribution >= 0.6 is 0 Å². The summed E-state index contributed by atoms with van der Waals surface area (Å²) in [4.78, 5) is 4.35. The molecule has 1 heterocycles. The van der Waals surface area contributed by atoms with E-state index in [1.807, 2.05) is 6.92 Å². The summed E-state index contributed by atoms with van der Waals surface area (Å²) < 4.78 is 5.18. The number of rotatable bonds is 4. The average molecular weight is 195 g/mol. The van der Waals surface area contributed by atoms with Crippen molar-refractivity contribution < 1.29 is 4.52 Å². The summed E-state index contributed by atoms with van der Waals surface area (Å²) in [5.74, 6) is 2.51. The number of hydrogen-bond donors (Lipinski definition) is 1. The van der Waals surface area contributed by atoms with Crippen LogP contribution in [0.15, 0.2) is 4.52 Å². The minimum atomic E-state index is 0.203. The molecular weight excluding hydrogens is 178 g/mol. The highest BCUT2D eigenvalue weighted by Crippen LogP contribution is 2.29. The zero-order chi connectivity index (χ0) is 9.97. The minimum Gasteiger partial charge on any atom is -0.339 e. The highest BCUT2D eigenvalue weighted by atomic mass is 16.5. The van der Waals surface area contributed by atoms with Crippen LogP contribution in [0.1, 0.15) is 43.8 Å². The fourth-order valence-corrected chi connectivity index (χ4v) is 1.60. The van der Waals surface area contributed by atoms with E-state index < -0.39 is 0 Å². The molecule has 4 nitrogen and oxygen atoms in total. The fraction of sp³-hybridized carbons (Fsp3) is 0.800. The molecule has 0 bridgehead atoms. The van der Waals surface area contributed by atoms with E-state index in [1.54, 1.807) is 0 Å². The number of nitrogens with two attached hydrogens (primary N) is 1. The van der Waals surface area contributed by atoms with Crippen molar-refractivity contribution in [2.45, 2.75) is 38.5 Å². The highest BCUT2D eigenvalue weighted by molar-refractivity contribution is 4.95. The summed E-state index contributed by atoms with van der Waals surface area (Å²) in [6.07, 6.45) is 4.92. The zero-order valence-corrected chi connectivity index (χ0v) is 8.57. The van der Waals surface area contributed by atoms with Crippen molar-refractivity contribution in [1.82, 2.24) is 10.1 Å². The maximum atomic E-state index is 5.53. The normalized spacial score (nSPS) is 19.3. The fourth-order valence-electron chi connectivity index (χ4n) is 1.60. The molecule has 1 unspecified atom stereocenters. The molecule has 0 radical (unpaired) electrons. The number of hydrogen-bond acceptors (Lipinski definition) is 4. The summed E-state index contributed by atoms with van der Waals surface area (Å²) in [5.41, 5.74) is 5.53. The molecule has 1 fully saturated rings.